The Balaban J connectivity index is 2.02. The quantitative estimate of drug-likeness (QED) is 0.905. The minimum Gasteiger partial charge on any atom is -0.355 e. The van der Waals surface area contributed by atoms with Crippen LogP contribution in [0.4, 0.5) is 5.82 Å². The Morgan fingerprint density at radius 2 is 2.11 bits per heavy atom. The van der Waals surface area contributed by atoms with Gasteiger partial charge in [-0.25, -0.2) is 4.98 Å². The zero-order chi connectivity index (χ0) is 13.8. The Hall–Kier alpha value is -1.16. The molecule has 2 unspecified atom stereocenters. The van der Waals surface area contributed by atoms with Gasteiger partial charge >= 0.3 is 0 Å². The maximum atomic E-state index is 4.73. The second kappa shape index (κ2) is 6.33. The molecule has 19 heavy (non-hydrogen) atoms. The van der Waals surface area contributed by atoms with Gasteiger partial charge in [-0.05, 0) is 18.3 Å². The molecule has 0 saturated carbocycles. The molecule has 0 aliphatic carbocycles. The molecule has 1 N–H and O–H groups in total. The molecule has 4 heteroatoms. The molecule has 1 saturated heterocycles. The molecule has 1 aromatic rings. The highest BCUT2D eigenvalue weighted by atomic mass is 15.2. The fourth-order valence-electron chi connectivity index (χ4n) is 2.41. The third-order valence-electron chi connectivity index (χ3n) is 4.02. The molecule has 1 aliphatic heterocycles. The molecule has 0 aromatic carbocycles. The number of hydrogen-bond donors (Lipinski definition) is 1. The molecule has 0 spiro atoms. The summed E-state index contributed by atoms with van der Waals surface area (Å²) in [5, 5.41) is 3.39. The lowest BCUT2D eigenvalue weighted by atomic mass is 9.89. The number of nitrogens with zero attached hydrogens (tertiary/aromatic N) is 3. The summed E-state index contributed by atoms with van der Waals surface area (Å²) < 4.78 is 0. The Bertz CT molecular complexity index is 405. The van der Waals surface area contributed by atoms with Crippen LogP contribution in [0, 0.1) is 11.8 Å². The molecule has 0 radical (unpaired) electrons. The van der Waals surface area contributed by atoms with Crippen LogP contribution in [0.1, 0.15) is 39.8 Å². The van der Waals surface area contributed by atoms with Gasteiger partial charge in [0.25, 0.3) is 0 Å². The van der Waals surface area contributed by atoms with Crippen LogP contribution in [0.15, 0.2) is 12.4 Å². The van der Waals surface area contributed by atoms with Crippen LogP contribution in [0.3, 0.4) is 0 Å². The third-order valence-corrected chi connectivity index (χ3v) is 4.02. The minimum absolute atomic E-state index is 0.473. The number of hydrogen-bond acceptors (Lipinski definition) is 4. The predicted octanol–water partition coefficient (Wildman–Crippen LogP) is 2.46. The van der Waals surface area contributed by atoms with E-state index in [-0.39, 0.29) is 0 Å². The molecule has 0 bridgehead atoms. The van der Waals surface area contributed by atoms with Crippen molar-refractivity contribution in [1.82, 2.24) is 15.3 Å². The van der Waals surface area contributed by atoms with Crippen LogP contribution in [0.2, 0.25) is 0 Å². The van der Waals surface area contributed by atoms with E-state index in [2.05, 4.69) is 42.9 Å². The number of rotatable bonds is 4. The Morgan fingerprint density at radius 1 is 1.32 bits per heavy atom. The van der Waals surface area contributed by atoms with E-state index < -0.39 is 0 Å². The molecule has 0 amide bonds. The lowest BCUT2D eigenvalue weighted by molar-refractivity contribution is 0.322. The van der Waals surface area contributed by atoms with E-state index in [4.69, 9.17) is 4.98 Å². The number of nitrogens with one attached hydrogen (secondary N) is 1. The summed E-state index contributed by atoms with van der Waals surface area (Å²) >= 11 is 0. The summed E-state index contributed by atoms with van der Waals surface area (Å²) in [6.45, 7) is 11.9. The molecule has 1 fully saturated rings. The number of aromatic nitrogens is 2. The van der Waals surface area contributed by atoms with Gasteiger partial charge in [0, 0.05) is 31.9 Å². The summed E-state index contributed by atoms with van der Waals surface area (Å²) in [5.41, 5.74) is 1.03. The highest BCUT2D eigenvalue weighted by Crippen LogP contribution is 2.25. The normalized spacial score (nSPS) is 23.9. The molecular formula is C15H26N4. The first-order valence-electron chi connectivity index (χ1n) is 7.35. The van der Waals surface area contributed by atoms with Crippen LogP contribution in [0.25, 0.3) is 0 Å². The van der Waals surface area contributed by atoms with Crippen molar-refractivity contribution in [3.05, 3.63) is 18.1 Å². The molecule has 2 rings (SSSR count). The summed E-state index contributed by atoms with van der Waals surface area (Å²) in [6.07, 6.45) is 4.99. The molecule has 1 aliphatic rings. The Morgan fingerprint density at radius 3 is 2.79 bits per heavy atom. The first-order chi connectivity index (χ1) is 9.06. The SMILES string of the molecule is CC(C)NCc1cncc(N2CCC(C)C(C)C2)n1. The van der Waals surface area contributed by atoms with Crippen LogP contribution in [-0.4, -0.2) is 29.1 Å². The lowest BCUT2D eigenvalue weighted by Crippen LogP contribution is -2.39. The minimum atomic E-state index is 0.473. The maximum Gasteiger partial charge on any atom is 0.147 e. The van der Waals surface area contributed by atoms with E-state index in [9.17, 15) is 0 Å². The van der Waals surface area contributed by atoms with Gasteiger partial charge in [-0.2, -0.15) is 0 Å². The van der Waals surface area contributed by atoms with E-state index in [0.29, 0.717) is 6.04 Å². The van der Waals surface area contributed by atoms with E-state index >= 15 is 0 Å². The zero-order valence-electron chi connectivity index (χ0n) is 12.6. The number of piperidine rings is 1. The van der Waals surface area contributed by atoms with Gasteiger partial charge in [0.15, 0.2) is 0 Å². The maximum absolute atomic E-state index is 4.73. The van der Waals surface area contributed by atoms with E-state index in [1.807, 2.05) is 12.4 Å². The highest BCUT2D eigenvalue weighted by molar-refractivity contribution is 5.37. The summed E-state index contributed by atoms with van der Waals surface area (Å²) in [7, 11) is 0. The van der Waals surface area contributed by atoms with Gasteiger partial charge in [-0.15, -0.1) is 0 Å². The average molecular weight is 262 g/mol. The van der Waals surface area contributed by atoms with Crippen LogP contribution in [-0.2, 0) is 6.54 Å². The second-order valence-electron chi connectivity index (χ2n) is 6.09. The fraction of sp³-hybridized carbons (Fsp3) is 0.733. The van der Waals surface area contributed by atoms with Crippen molar-refractivity contribution in [2.75, 3.05) is 18.0 Å². The van der Waals surface area contributed by atoms with Gasteiger partial charge in [-0.3, -0.25) is 4.98 Å². The van der Waals surface area contributed by atoms with E-state index in [1.54, 1.807) is 0 Å². The summed E-state index contributed by atoms with van der Waals surface area (Å²) in [5.74, 6) is 2.57. The van der Waals surface area contributed by atoms with Crippen molar-refractivity contribution in [2.24, 2.45) is 11.8 Å². The Labute approximate surface area is 116 Å². The average Bonchev–Trinajstić information content (AvgIpc) is 2.40. The predicted molar refractivity (Wildman–Crippen MR) is 79.2 cm³/mol. The van der Waals surface area contributed by atoms with Crippen molar-refractivity contribution < 1.29 is 0 Å². The van der Waals surface area contributed by atoms with E-state index in [0.717, 1.165) is 43.0 Å². The van der Waals surface area contributed by atoms with Gasteiger partial charge in [0.2, 0.25) is 0 Å². The first kappa shape index (κ1) is 14.3. The molecule has 1 aromatic heterocycles. The van der Waals surface area contributed by atoms with Crippen molar-refractivity contribution >= 4 is 5.82 Å². The topological polar surface area (TPSA) is 41.1 Å². The van der Waals surface area contributed by atoms with Crippen LogP contribution >= 0.6 is 0 Å². The molecule has 4 nitrogen and oxygen atoms in total. The van der Waals surface area contributed by atoms with Crippen molar-refractivity contribution in [1.29, 1.82) is 0 Å². The van der Waals surface area contributed by atoms with Gasteiger partial charge in [0.05, 0.1) is 11.9 Å². The lowest BCUT2D eigenvalue weighted by Gasteiger charge is -2.35. The van der Waals surface area contributed by atoms with Crippen molar-refractivity contribution in [2.45, 2.75) is 46.7 Å². The monoisotopic (exact) mass is 262 g/mol. The summed E-state index contributed by atoms with van der Waals surface area (Å²) in [6, 6.07) is 0.473. The van der Waals surface area contributed by atoms with Crippen molar-refractivity contribution in [3.63, 3.8) is 0 Å². The van der Waals surface area contributed by atoms with E-state index in [1.165, 1.54) is 6.42 Å². The second-order valence-corrected chi connectivity index (χ2v) is 6.09. The number of anilines is 1. The van der Waals surface area contributed by atoms with Gasteiger partial charge in [-0.1, -0.05) is 27.7 Å². The largest absolute Gasteiger partial charge is 0.355 e. The zero-order valence-corrected chi connectivity index (χ0v) is 12.6. The molecule has 106 valence electrons. The van der Waals surface area contributed by atoms with Crippen LogP contribution < -0.4 is 10.2 Å². The smallest absolute Gasteiger partial charge is 0.147 e. The Kier molecular flexibility index (Phi) is 4.75. The van der Waals surface area contributed by atoms with Crippen LogP contribution in [0.5, 0.6) is 0 Å². The molecular weight excluding hydrogens is 236 g/mol. The summed E-state index contributed by atoms with van der Waals surface area (Å²) in [4.78, 5) is 11.4. The van der Waals surface area contributed by atoms with Gasteiger partial charge in [0.1, 0.15) is 5.82 Å². The fourth-order valence-corrected chi connectivity index (χ4v) is 2.41. The van der Waals surface area contributed by atoms with Crippen molar-refractivity contribution in [3.8, 4) is 0 Å². The van der Waals surface area contributed by atoms with Gasteiger partial charge < -0.3 is 10.2 Å². The third kappa shape index (κ3) is 3.90. The highest BCUT2D eigenvalue weighted by Gasteiger charge is 2.23. The molecule has 2 heterocycles. The standard InChI is InChI=1S/C15H26N4/c1-11(2)17-8-14-7-16-9-15(18-14)19-6-5-12(3)13(4)10-19/h7,9,11-13,17H,5-6,8,10H2,1-4H3. The first-order valence-corrected chi connectivity index (χ1v) is 7.35. The molecule has 2 atom stereocenters.